The molecule has 0 bridgehead atoms. The molecular weight excluding hydrogens is 188 g/mol. The summed E-state index contributed by atoms with van der Waals surface area (Å²) in [6.45, 7) is 0. The molecule has 3 heteroatoms. The Morgan fingerprint density at radius 1 is 1.47 bits per heavy atom. The van der Waals surface area contributed by atoms with Crippen molar-refractivity contribution in [2.45, 2.75) is 37.3 Å². The van der Waals surface area contributed by atoms with Gasteiger partial charge < -0.3 is 0 Å². The molecule has 1 aromatic heterocycles. The summed E-state index contributed by atoms with van der Waals surface area (Å²) in [4.78, 5) is 10.2. The van der Waals surface area contributed by atoms with Crippen molar-refractivity contribution in [2.24, 2.45) is 0 Å². The van der Waals surface area contributed by atoms with Crippen LogP contribution in [0.2, 0.25) is 0 Å². The molecule has 0 radical (unpaired) electrons. The topological polar surface area (TPSA) is 25.4 Å². The van der Waals surface area contributed by atoms with E-state index in [1.165, 1.54) is 19.3 Å². The minimum atomic E-state index is 0.163. The molecule has 1 aromatic rings. The van der Waals surface area contributed by atoms with E-state index in [-0.39, 0.29) is 6.10 Å². The van der Waals surface area contributed by atoms with Gasteiger partial charge in [-0.1, -0.05) is 6.07 Å². The van der Waals surface area contributed by atoms with Gasteiger partial charge in [0.2, 0.25) is 0 Å². The van der Waals surface area contributed by atoms with Gasteiger partial charge in [-0.25, -0.2) is 0 Å². The van der Waals surface area contributed by atoms with Crippen LogP contribution in [0.5, 0.6) is 0 Å². The molecule has 1 atom stereocenters. The number of hydroxylamine groups is 2. The highest BCUT2D eigenvalue weighted by molar-refractivity contribution is 5.12. The summed E-state index contributed by atoms with van der Waals surface area (Å²) in [5, 5.41) is 2.07. The smallest absolute Gasteiger partial charge is 0.123 e. The highest BCUT2D eigenvalue weighted by Gasteiger charge is 2.49. The van der Waals surface area contributed by atoms with Crippen LogP contribution in [0.15, 0.2) is 24.4 Å². The van der Waals surface area contributed by atoms with Crippen LogP contribution in [-0.4, -0.2) is 22.6 Å². The average molecular weight is 204 g/mol. The average Bonchev–Trinajstić information content (AvgIpc) is 2.57. The minimum absolute atomic E-state index is 0.163. The molecule has 2 heterocycles. The third-order valence-electron chi connectivity index (χ3n) is 3.82. The van der Waals surface area contributed by atoms with E-state index in [2.05, 4.69) is 23.2 Å². The van der Waals surface area contributed by atoms with Crippen molar-refractivity contribution in [1.29, 1.82) is 0 Å². The lowest BCUT2D eigenvalue weighted by atomic mass is 9.73. The van der Waals surface area contributed by atoms with Crippen molar-refractivity contribution >= 4 is 0 Å². The molecule has 0 aromatic carbocycles. The van der Waals surface area contributed by atoms with Crippen LogP contribution in [0.1, 0.15) is 37.5 Å². The van der Waals surface area contributed by atoms with Crippen LogP contribution in [0.25, 0.3) is 0 Å². The van der Waals surface area contributed by atoms with Crippen LogP contribution in [0.4, 0.5) is 0 Å². The largest absolute Gasteiger partial charge is 0.289 e. The minimum Gasteiger partial charge on any atom is -0.289 e. The first-order valence-electron chi connectivity index (χ1n) is 5.62. The molecule has 1 saturated heterocycles. The second-order valence-electron chi connectivity index (χ2n) is 4.63. The lowest BCUT2D eigenvalue weighted by Crippen LogP contribution is -2.46. The van der Waals surface area contributed by atoms with E-state index < -0.39 is 0 Å². The van der Waals surface area contributed by atoms with Crippen LogP contribution >= 0.6 is 0 Å². The third kappa shape index (κ3) is 1.38. The zero-order valence-corrected chi connectivity index (χ0v) is 9.02. The molecule has 3 rings (SSSR count). The molecule has 0 unspecified atom stereocenters. The Morgan fingerprint density at radius 3 is 2.87 bits per heavy atom. The van der Waals surface area contributed by atoms with E-state index in [1.54, 1.807) is 0 Å². The molecule has 2 fully saturated rings. The zero-order chi connectivity index (χ0) is 10.3. The Hall–Kier alpha value is -0.930. The maximum absolute atomic E-state index is 5.88. The Balaban J connectivity index is 1.81. The van der Waals surface area contributed by atoms with Crippen molar-refractivity contribution in [3.63, 3.8) is 0 Å². The van der Waals surface area contributed by atoms with E-state index in [9.17, 15) is 0 Å². The monoisotopic (exact) mass is 204 g/mol. The van der Waals surface area contributed by atoms with Crippen LogP contribution < -0.4 is 0 Å². The predicted molar refractivity (Wildman–Crippen MR) is 57.0 cm³/mol. The lowest BCUT2D eigenvalue weighted by molar-refractivity contribution is -0.187. The molecule has 80 valence electrons. The van der Waals surface area contributed by atoms with E-state index in [0.29, 0.717) is 5.54 Å². The molecule has 0 amide bonds. The number of nitrogens with zero attached hydrogens (tertiary/aromatic N) is 2. The highest BCUT2D eigenvalue weighted by Crippen LogP contribution is 2.49. The Bertz CT molecular complexity index is 348. The van der Waals surface area contributed by atoms with Crippen LogP contribution in [-0.2, 0) is 4.84 Å². The molecular formula is C12H16N2O. The number of pyridine rings is 1. The van der Waals surface area contributed by atoms with Crippen LogP contribution in [0, 0.1) is 0 Å². The van der Waals surface area contributed by atoms with Gasteiger partial charge in [-0.2, -0.15) is 5.06 Å². The van der Waals surface area contributed by atoms with E-state index in [4.69, 9.17) is 4.84 Å². The van der Waals surface area contributed by atoms with E-state index in [1.807, 2.05) is 18.3 Å². The molecule has 1 aliphatic carbocycles. The van der Waals surface area contributed by atoms with E-state index in [0.717, 1.165) is 12.1 Å². The van der Waals surface area contributed by atoms with Crippen molar-refractivity contribution in [3.05, 3.63) is 30.1 Å². The standard InChI is InChI=1S/C12H16N2O/c1-14-12(6-4-7-12)9-11(15-14)10-5-2-3-8-13-10/h2-3,5,8,11H,4,6-7,9H2,1H3/t11-/m0/s1. The molecule has 1 spiro atoms. The van der Waals surface area contributed by atoms with Gasteiger partial charge in [0.1, 0.15) is 6.10 Å². The molecule has 2 aliphatic rings. The molecule has 3 nitrogen and oxygen atoms in total. The van der Waals surface area contributed by atoms with Gasteiger partial charge in [-0.3, -0.25) is 9.82 Å². The summed E-state index contributed by atoms with van der Waals surface area (Å²) < 4.78 is 0. The zero-order valence-electron chi connectivity index (χ0n) is 9.02. The summed E-state index contributed by atoms with van der Waals surface area (Å²) in [7, 11) is 2.06. The molecule has 1 aliphatic heterocycles. The highest BCUT2D eigenvalue weighted by atomic mass is 16.7. The summed E-state index contributed by atoms with van der Waals surface area (Å²) in [5.74, 6) is 0. The van der Waals surface area contributed by atoms with Crippen molar-refractivity contribution in [3.8, 4) is 0 Å². The summed E-state index contributed by atoms with van der Waals surface area (Å²) in [5.41, 5.74) is 1.38. The Morgan fingerprint density at radius 2 is 2.33 bits per heavy atom. The first kappa shape index (κ1) is 9.31. The fourth-order valence-corrected chi connectivity index (χ4v) is 2.64. The van der Waals surface area contributed by atoms with Gasteiger partial charge in [0.15, 0.2) is 0 Å². The summed E-state index contributed by atoms with van der Waals surface area (Å²) in [6.07, 6.45) is 6.98. The second-order valence-corrected chi connectivity index (χ2v) is 4.63. The van der Waals surface area contributed by atoms with Gasteiger partial charge in [0, 0.05) is 25.2 Å². The van der Waals surface area contributed by atoms with Crippen molar-refractivity contribution in [1.82, 2.24) is 10.0 Å². The summed E-state index contributed by atoms with van der Waals surface area (Å²) >= 11 is 0. The first-order valence-corrected chi connectivity index (χ1v) is 5.62. The molecule has 15 heavy (non-hydrogen) atoms. The third-order valence-corrected chi connectivity index (χ3v) is 3.82. The first-order chi connectivity index (χ1) is 7.30. The quantitative estimate of drug-likeness (QED) is 0.702. The number of hydrogen-bond donors (Lipinski definition) is 0. The van der Waals surface area contributed by atoms with Gasteiger partial charge in [0.05, 0.1) is 5.69 Å². The molecule has 1 saturated carbocycles. The maximum atomic E-state index is 5.88. The summed E-state index contributed by atoms with van der Waals surface area (Å²) in [6, 6.07) is 6.02. The predicted octanol–water partition coefficient (Wildman–Crippen LogP) is 2.31. The molecule has 0 N–H and O–H groups in total. The Labute approximate surface area is 90.0 Å². The number of hydrogen-bond acceptors (Lipinski definition) is 3. The van der Waals surface area contributed by atoms with Gasteiger partial charge in [-0.05, 0) is 31.4 Å². The number of aromatic nitrogens is 1. The fourth-order valence-electron chi connectivity index (χ4n) is 2.64. The SMILES string of the molecule is CN1O[C@H](c2ccccn2)CC12CCC2. The fraction of sp³-hybridized carbons (Fsp3) is 0.583. The van der Waals surface area contributed by atoms with E-state index >= 15 is 0 Å². The van der Waals surface area contributed by atoms with Crippen LogP contribution in [0.3, 0.4) is 0 Å². The lowest BCUT2D eigenvalue weighted by Gasteiger charge is -2.41. The van der Waals surface area contributed by atoms with Gasteiger partial charge in [-0.15, -0.1) is 0 Å². The number of rotatable bonds is 1. The Kier molecular flexibility index (Phi) is 2.04. The maximum Gasteiger partial charge on any atom is 0.123 e. The van der Waals surface area contributed by atoms with Gasteiger partial charge in [0.25, 0.3) is 0 Å². The second kappa shape index (κ2) is 3.29. The van der Waals surface area contributed by atoms with Crippen molar-refractivity contribution < 1.29 is 4.84 Å². The van der Waals surface area contributed by atoms with Crippen molar-refractivity contribution in [2.75, 3.05) is 7.05 Å². The van der Waals surface area contributed by atoms with Gasteiger partial charge >= 0.3 is 0 Å². The normalized spacial score (nSPS) is 29.3.